The second kappa shape index (κ2) is 16.2. The van der Waals surface area contributed by atoms with Crippen molar-refractivity contribution in [2.24, 2.45) is 5.73 Å². The normalized spacial score (nSPS) is 12.1. The Morgan fingerprint density at radius 3 is 2.19 bits per heavy atom. The second-order valence-corrected chi connectivity index (χ2v) is 10.3. The van der Waals surface area contributed by atoms with Gasteiger partial charge in [-0.05, 0) is 72.9 Å². The Kier molecular flexibility index (Phi) is 12.5. The fourth-order valence-corrected chi connectivity index (χ4v) is 4.76. The molecule has 0 aliphatic rings. The van der Waals surface area contributed by atoms with Gasteiger partial charge in [0.05, 0.1) is 11.1 Å². The molecule has 3 N–H and O–H groups in total. The lowest BCUT2D eigenvalue weighted by molar-refractivity contribution is 0.0234. The number of benzene rings is 3. The van der Waals surface area contributed by atoms with Gasteiger partial charge in [-0.3, -0.25) is 4.79 Å². The van der Waals surface area contributed by atoms with E-state index in [-0.39, 0.29) is 30.0 Å². The molecule has 0 unspecified atom stereocenters. The van der Waals surface area contributed by atoms with Crippen molar-refractivity contribution in [3.63, 3.8) is 0 Å². The third-order valence-corrected chi connectivity index (χ3v) is 6.81. The summed E-state index contributed by atoms with van der Waals surface area (Å²) in [5, 5.41) is 3.23. The summed E-state index contributed by atoms with van der Waals surface area (Å²) < 4.78 is 33.7. The molecule has 0 aromatic heterocycles. The first-order chi connectivity index (χ1) is 20.7. The van der Waals surface area contributed by atoms with Crippen LogP contribution in [0.3, 0.4) is 0 Å². The van der Waals surface area contributed by atoms with Crippen molar-refractivity contribution in [1.82, 2.24) is 10.2 Å². The summed E-state index contributed by atoms with van der Waals surface area (Å²) in [5.41, 5.74) is 9.02. The Hall–Kier alpha value is -4.50. The Morgan fingerprint density at radius 2 is 1.56 bits per heavy atom. The number of nitrogens with one attached hydrogen (secondary N) is 1. The zero-order valence-corrected chi connectivity index (χ0v) is 24.5. The lowest BCUT2D eigenvalue weighted by Gasteiger charge is -2.26. The van der Waals surface area contributed by atoms with Gasteiger partial charge in [0.15, 0.2) is 0 Å². The summed E-state index contributed by atoms with van der Waals surface area (Å²) >= 11 is 0. The van der Waals surface area contributed by atoms with E-state index >= 15 is 0 Å². The van der Waals surface area contributed by atoms with Gasteiger partial charge in [0.25, 0.3) is 5.91 Å². The number of halogens is 2. The van der Waals surface area contributed by atoms with Crippen molar-refractivity contribution < 1.29 is 23.1 Å². The molecule has 1 amide bonds. The fraction of sp³-hybridized carbons (Fsp3) is 0.314. The van der Waals surface area contributed by atoms with Crippen molar-refractivity contribution in [1.29, 1.82) is 0 Å². The minimum atomic E-state index is -0.936. The topological polar surface area (TPSA) is 84.7 Å². The summed E-state index contributed by atoms with van der Waals surface area (Å²) in [7, 11) is 0. The van der Waals surface area contributed by atoms with Crippen LogP contribution in [0.2, 0.25) is 0 Å². The van der Waals surface area contributed by atoms with E-state index in [4.69, 9.17) is 23.3 Å². The Bertz CT molecular complexity index is 1480. The highest BCUT2D eigenvalue weighted by molar-refractivity contribution is 6.05. The van der Waals surface area contributed by atoms with Crippen molar-refractivity contribution in [3.8, 4) is 24.7 Å². The van der Waals surface area contributed by atoms with E-state index in [1.807, 2.05) is 38.1 Å². The summed E-state index contributed by atoms with van der Waals surface area (Å²) in [6.07, 6.45) is 11.7. The highest BCUT2D eigenvalue weighted by Gasteiger charge is 2.28. The third-order valence-electron chi connectivity index (χ3n) is 6.81. The number of nitrogens with zero attached hydrogens (tertiary/aromatic N) is 1. The van der Waals surface area contributed by atoms with Crippen LogP contribution in [0.4, 0.5) is 8.78 Å². The first-order valence-electron chi connectivity index (χ1n) is 14.3. The van der Waals surface area contributed by atoms with Crippen LogP contribution in [-0.4, -0.2) is 48.6 Å². The van der Waals surface area contributed by atoms with E-state index < -0.39 is 29.7 Å². The molecule has 3 aromatic carbocycles. The Balaban J connectivity index is 1.90. The highest BCUT2D eigenvalue weighted by Crippen LogP contribution is 2.19. The van der Waals surface area contributed by atoms with Crippen LogP contribution in [0, 0.1) is 36.3 Å². The fourth-order valence-electron chi connectivity index (χ4n) is 4.76. The summed E-state index contributed by atoms with van der Waals surface area (Å²) in [6.45, 7) is 5.50. The summed E-state index contributed by atoms with van der Waals surface area (Å²) in [5.74, 6) is 2.53. The standard InChI is InChI=1S/C35H37F2N3O3/c1-5-14-40(15-6-2)34(41)30-13-12-25(8-4)19-31(30)35(42)43-33(23-39-22-26-11-9-10-24(7-3)16-26)32(38)20-27-17-28(36)21-29(37)18-27/h3-4,9-13,16-19,21,32-33,39H,5-6,14-15,20,22-23,38H2,1-2H3/t32-,33+/m0/s1. The van der Waals surface area contributed by atoms with Gasteiger partial charge in [0.2, 0.25) is 0 Å². The average Bonchev–Trinajstić information content (AvgIpc) is 2.99. The first kappa shape index (κ1) is 33.0. The number of carbonyl (C=O) groups excluding carboxylic acids is 2. The van der Waals surface area contributed by atoms with Crippen molar-refractivity contribution in [2.45, 2.75) is 51.8 Å². The number of nitrogens with two attached hydrogens (primary N) is 1. The van der Waals surface area contributed by atoms with Gasteiger partial charge in [-0.2, -0.15) is 0 Å². The molecule has 3 rings (SSSR count). The molecule has 0 aliphatic heterocycles. The van der Waals surface area contributed by atoms with Crippen molar-refractivity contribution in [3.05, 3.63) is 106 Å². The van der Waals surface area contributed by atoms with Gasteiger partial charge in [0.1, 0.15) is 17.7 Å². The Morgan fingerprint density at radius 1 is 0.907 bits per heavy atom. The quantitative estimate of drug-likeness (QED) is 0.204. The lowest BCUT2D eigenvalue weighted by Crippen LogP contribution is -2.46. The van der Waals surface area contributed by atoms with Crippen molar-refractivity contribution >= 4 is 11.9 Å². The van der Waals surface area contributed by atoms with E-state index in [2.05, 4.69) is 17.2 Å². The van der Waals surface area contributed by atoms with Gasteiger partial charge >= 0.3 is 5.97 Å². The first-order valence-corrected chi connectivity index (χ1v) is 14.3. The predicted molar refractivity (Wildman–Crippen MR) is 164 cm³/mol. The molecule has 224 valence electrons. The van der Waals surface area contributed by atoms with E-state index in [0.717, 1.165) is 30.0 Å². The zero-order chi connectivity index (χ0) is 31.4. The Labute approximate surface area is 252 Å². The molecule has 2 atom stereocenters. The number of terminal acetylenes is 2. The molecule has 0 heterocycles. The lowest BCUT2D eigenvalue weighted by atomic mass is 10.00. The molecule has 0 fully saturated rings. The molecular weight excluding hydrogens is 548 g/mol. The summed E-state index contributed by atoms with van der Waals surface area (Å²) in [4.78, 5) is 28.9. The number of amides is 1. The number of rotatable bonds is 14. The van der Waals surface area contributed by atoms with Crippen molar-refractivity contribution in [2.75, 3.05) is 19.6 Å². The SMILES string of the molecule is C#Cc1cccc(CNC[C@@H](OC(=O)c2cc(C#C)ccc2C(=O)N(CCC)CCC)[C@@H](N)Cc2cc(F)cc(F)c2)c1. The van der Waals surface area contributed by atoms with Crippen LogP contribution in [0.5, 0.6) is 0 Å². The van der Waals surface area contributed by atoms with Crippen LogP contribution >= 0.6 is 0 Å². The minimum absolute atomic E-state index is 0.0216. The van der Waals surface area contributed by atoms with Crippen LogP contribution in [0.15, 0.2) is 60.7 Å². The van der Waals surface area contributed by atoms with Crippen LogP contribution in [-0.2, 0) is 17.7 Å². The van der Waals surface area contributed by atoms with Crippen LogP contribution in [0.1, 0.15) is 69.7 Å². The van der Waals surface area contributed by atoms with Gasteiger partial charge < -0.3 is 20.7 Å². The molecular formula is C35H37F2N3O3. The number of hydrogen-bond donors (Lipinski definition) is 2. The predicted octanol–water partition coefficient (Wildman–Crippen LogP) is 5.07. The van der Waals surface area contributed by atoms with E-state index in [1.165, 1.54) is 24.3 Å². The largest absolute Gasteiger partial charge is 0.456 e. The molecule has 0 bridgehead atoms. The number of hydrogen-bond acceptors (Lipinski definition) is 5. The van der Waals surface area contributed by atoms with Gasteiger partial charge in [-0.1, -0.05) is 37.8 Å². The van der Waals surface area contributed by atoms with E-state index in [9.17, 15) is 18.4 Å². The molecule has 0 saturated carbocycles. The zero-order valence-electron chi connectivity index (χ0n) is 24.5. The molecule has 0 radical (unpaired) electrons. The van der Waals surface area contributed by atoms with Crippen LogP contribution in [0.25, 0.3) is 0 Å². The molecule has 6 nitrogen and oxygen atoms in total. The molecule has 0 aliphatic carbocycles. The molecule has 3 aromatic rings. The van der Waals surface area contributed by atoms with E-state index in [0.29, 0.717) is 30.8 Å². The number of esters is 1. The maximum Gasteiger partial charge on any atom is 0.339 e. The molecule has 0 saturated heterocycles. The van der Waals surface area contributed by atoms with Crippen LogP contribution < -0.4 is 11.1 Å². The number of ether oxygens (including phenoxy) is 1. The summed E-state index contributed by atoms with van der Waals surface area (Å²) in [6, 6.07) is 14.3. The number of carbonyl (C=O) groups is 2. The maximum absolute atomic E-state index is 13.9. The highest BCUT2D eigenvalue weighted by atomic mass is 19.1. The smallest absolute Gasteiger partial charge is 0.339 e. The molecule has 43 heavy (non-hydrogen) atoms. The van der Waals surface area contributed by atoms with E-state index in [1.54, 1.807) is 11.0 Å². The second-order valence-electron chi connectivity index (χ2n) is 10.3. The van der Waals surface area contributed by atoms with Gasteiger partial charge in [0, 0.05) is 49.4 Å². The third kappa shape index (κ3) is 9.51. The monoisotopic (exact) mass is 585 g/mol. The molecule has 0 spiro atoms. The van der Waals surface area contributed by atoms with Gasteiger partial charge in [-0.15, -0.1) is 12.8 Å². The van der Waals surface area contributed by atoms with Gasteiger partial charge in [-0.25, -0.2) is 13.6 Å². The molecule has 8 heteroatoms. The minimum Gasteiger partial charge on any atom is -0.456 e. The maximum atomic E-state index is 13.9. The average molecular weight is 586 g/mol.